The van der Waals surface area contributed by atoms with Gasteiger partial charge in [0.1, 0.15) is 5.76 Å². The van der Waals surface area contributed by atoms with Crippen molar-refractivity contribution in [1.29, 1.82) is 0 Å². The molecular weight excluding hydrogens is 308 g/mol. The van der Waals surface area contributed by atoms with Crippen LogP contribution in [0.3, 0.4) is 0 Å². The maximum atomic E-state index is 6.01. The second-order valence-electron chi connectivity index (χ2n) is 4.49. The number of hydrogen-bond acceptors (Lipinski definition) is 4. The van der Waals surface area contributed by atoms with Crippen molar-refractivity contribution in [3.63, 3.8) is 0 Å². The van der Waals surface area contributed by atoms with Crippen LogP contribution in [0.1, 0.15) is 17.0 Å². The first kappa shape index (κ1) is 12.2. The fourth-order valence-electron chi connectivity index (χ4n) is 2.17. The molecule has 2 aromatic heterocycles. The highest BCUT2D eigenvalue weighted by molar-refractivity contribution is 9.10. The van der Waals surface area contributed by atoms with Gasteiger partial charge in [-0.25, -0.2) is 4.98 Å². The molecule has 0 aliphatic heterocycles. The molecule has 3 aromatic rings. The van der Waals surface area contributed by atoms with Crippen LogP contribution in [0.4, 0.5) is 5.95 Å². The van der Waals surface area contributed by atoms with Crippen LogP contribution >= 0.6 is 15.9 Å². The Morgan fingerprint density at radius 2 is 2.16 bits per heavy atom. The van der Waals surface area contributed by atoms with E-state index in [0.717, 1.165) is 32.5 Å². The molecule has 1 aromatic carbocycles. The summed E-state index contributed by atoms with van der Waals surface area (Å²) in [6.45, 7) is 4.44. The van der Waals surface area contributed by atoms with Crippen molar-refractivity contribution in [1.82, 2.24) is 14.7 Å². The number of nitrogens with zero attached hydrogens (tertiary/aromatic N) is 3. The number of rotatable bonds is 2. The Balaban J connectivity index is 2.15. The molecule has 2 heterocycles. The number of fused-ring (bicyclic) bond motifs is 1. The molecule has 5 nitrogen and oxygen atoms in total. The molecule has 6 heteroatoms. The topological polar surface area (TPSA) is 69.9 Å². The Morgan fingerprint density at radius 3 is 2.84 bits per heavy atom. The first-order chi connectivity index (χ1) is 9.06. The zero-order chi connectivity index (χ0) is 13.6. The summed E-state index contributed by atoms with van der Waals surface area (Å²) in [5.41, 5.74) is 9.81. The van der Waals surface area contributed by atoms with E-state index >= 15 is 0 Å². The third-order valence-corrected chi connectivity index (χ3v) is 3.73. The van der Waals surface area contributed by atoms with Gasteiger partial charge in [-0.15, -0.1) is 0 Å². The Bertz CT molecular complexity index is 740. The van der Waals surface area contributed by atoms with Crippen molar-refractivity contribution >= 4 is 32.9 Å². The molecule has 98 valence electrons. The van der Waals surface area contributed by atoms with E-state index < -0.39 is 0 Å². The van der Waals surface area contributed by atoms with E-state index in [4.69, 9.17) is 10.3 Å². The summed E-state index contributed by atoms with van der Waals surface area (Å²) < 4.78 is 8.15. The van der Waals surface area contributed by atoms with Crippen LogP contribution < -0.4 is 5.73 Å². The number of nitrogen functional groups attached to an aromatic ring is 1. The Morgan fingerprint density at radius 1 is 1.37 bits per heavy atom. The molecule has 0 bridgehead atoms. The molecule has 0 saturated heterocycles. The quantitative estimate of drug-likeness (QED) is 0.787. The minimum absolute atomic E-state index is 0.494. The van der Waals surface area contributed by atoms with E-state index in [-0.39, 0.29) is 0 Å². The number of hydrogen-bond donors (Lipinski definition) is 1. The number of benzene rings is 1. The standard InChI is InChI=1S/C13H13BrN4O/c1-7-10(8(2)19-17-7)6-18-12-5-9(14)3-4-11(12)16-13(18)15/h3-5H,6H2,1-2H3,(H2,15,16). The maximum absolute atomic E-state index is 6.01. The first-order valence-corrected chi connectivity index (χ1v) is 6.68. The minimum Gasteiger partial charge on any atom is -0.369 e. The molecule has 0 atom stereocenters. The van der Waals surface area contributed by atoms with Crippen molar-refractivity contribution in [2.24, 2.45) is 0 Å². The molecule has 0 fully saturated rings. The summed E-state index contributed by atoms with van der Waals surface area (Å²) in [5, 5.41) is 3.97. The lowest BCUT2D eigenvalue weighted by molar-refractivity contribution is 0.392. The summed E-state index contributed by atoms with van der Waals surface area (Å²) >= 11 is 3.47. The average molecular weight is 321 g/mol. The lowest BCUT2D eigenvalue weighted by Crippen LogP contribution is -2.05. The van der Waals surface area contributed by atoms with Gasteiger partial charge in [0.2, 0.25) is 5.95 Å². The van der Waals surface area contributed by atoms with Crippen LogP contribution in [-0.2, 0) is 6.54 Å². The number of halogens is 1. The van der Waals surface area contributed by atoms with Gasteiger partial charge in [-0.2, -0.15) is 0 Å². The molecule has 0 amide bonds. The third-order valence-electron chi connectivity index (χ3n) is 3.24. The molecule has 0 unspecified atom stereocenters. The molecule has 3 rings (SSSR count). The second-order valence-corrected chi connectivity index (χ2v) is 5.41. The highest BCUT2D eigenvalue weighted by Gasteiger charge is 2.14. The number of imidazole rings is 1. The highest BCUT2D eigenvalue weighted by Crippen LogP contribution is 2.24. The van der Waals surface area contributed by atoms with Crippen molar-refractivity contribution < 1.29 is 4.52 Å². The monoisotopic (exact) mass is 320 g/mol. The molecule has 0 saturated carbocycles. The number of aromatic nitrogens is 3. The summed E-state index contributed by atoms with van der Waals surface area (Å²) in [7, 11) is 0. The molecule has 0 radical (unpaired) electrons. The lowest BCUT2D eigenvalue weighted by atomic mass is 10.2. The fourth-order valence-corrected chi connectivity index (χ4v) is 2.52. The minimum atomic E-state index is 0.494. The average Bonchev–Trinajstić information content (AvgIpc) is 2.84. The van der Waals surface area contributed by atoms with E-state index in [1.165, 1.54) is 0 Å². The number of anilines is 1. The fraction of sp³-hybridized carbons (Fsp3) is 0.231. The van der Waals surface area contributed by atoms with E-state index in [0.29, 0.717) is 12.5 Å². The van der Waals surface area contributed by atoms with Gasteiger partial charge in [0.25, 0.3) is 0 Å². The van der Waals surface area contributed by atoms with E-state index in [9.17, 15) is 0 Å². The van der Waals surface area contributed by atoms with Crippen LogP contribution in [0.25, 0.3) is 11.0 Å². The van der Waals surface area contributed by atoms with Gasteiger partial charge >= 0.3 is 0 Å². The molecule has 0 aliphatic carbocycles. The van der Waals surface area contributed by atoms with Crippen LogP contribution in [0.5, 0.6) is 0 Å². The van der Waals surface area contributed by atoms with Crippen LogP contribution in [-0.4, -0.2) is 14.7 Å². The number of aryl methyl sites for hydroxylation is 2. The van der Waals surface area contributed by atoms with Crippen molar-refractivity contribution in [2.45, 2.75) is 20.4 Å². The molecule has 2 N–H and O–H groups in total. The van der Waals surface area contributed by atoms with E-state index in [1.807, 2.05) is 36.6 Å². The Hall–Kier alpha value is -1.82. The van der Waals surface area contributed by atoms with Gasteiger partial charge < -0.3 is 14.8 Å². The van der Waals surface area contributed by atoms with Gasteiger partial charge in [0, 0.05) is 10.0 Å². The number of nitrogens with two attached hydrogens (primary N) is 1. The van der Waals surface area contributed by atoms with Gasteiger partial charge in [-0.05, 0) is 32.0 Å². The van der Waals surface area contributed by atoms with Crippen molar-refractivity contribution in [2.75, 3.05) is 5.73 Å². The molecule has 0 spiro atoms. The van der Waals surface area contributed by atoms with E-state index in [1.54, 1.807) is 0 Å². The smallest absolute Gasteiger partial charge is 0.201 e. The third kappa shape index (κ3) is 2.02. The summed E-state index contributed by atoms with van der Waals surface area (Å²) in [4.78, 5) is 4.36. The zero-order valence-corrected chi connectivity index (χ0v) is 12.2. The predicted molar refractivity (Wildman–Crippen MR) is 76.9 cm³/mol. The van der Waals surface area contributed by atoms with Crippen LogP contribution in [0, 0.1) is 13.8 Å². The van der Waals surface area contributed by atoms with Gasteiger partial charge in [0.05, 0.1) is 23.3 Å². The highest BCUT2D eigenvalue weighted by atomic mass is 79.9. The molecule has 0 aliphatic rings. The van der Waals surface area contributed by atoms with Gasteiger partial charge in [-0.1, -0.05) is 21.1 Å². The maximum Gasteiger partial charge on any atom is 0.201 e. The normalized spacial score (nSPS) is 11.3. The van der Waals surface area contributed by atoms with Crippen LogP contribution in [0.15, 0.2) is 27.2 Å². The van der Waals surface area contributed by atoms with Gasteiger partial charge in [0.15, 0.2) is 0 Å². The summed E-state index contributed by atoms with van der Waals surface area (Å²) in [6.07, 6.45) is 0. The Kier molecular flexibility index (Phi) is 2.82. The summed E-state index contributed by atoms with van der Waals surface area (Å²) in [6, 6.07) is 5.91. The van der Waals surface area contributed by atoms with E-state index in [2.05, 4.69) is 26.1 Å². The van der Waals surface area contributed by atoms with Crippen molar-refractivity contribution in [3.8, 4) is 0 Å². The Labute approximate surface area is 118 Å². The largest absolute Gasteiger partial charge is 0.369 e. The van der Waals surface area contributed by atoms with Crippen LogP contribution in [0.2, 0.25) is 0 Å². The predicted octanol–water partition coefficient (Wildman–Crippen LogP) is 3.03. The first-order valence-electron chi connectivity index (χ1n) is 5.89. The SMILES string of the molecule is Cc1noc(C)c1Cn1c(N)nc2ccc(Br)cc21. The molecule has 19 heavy (non-hydrogen) atoms. The zero-order valence-electron chi connectivity index (χ0n) is 10.6. The second kappa shape index (κ2) is 4.38. The lowest BCUT2D eigenvalue weighted by Gasteiger charge is -2.06. The van der Waals surface area contributed by atoms with Crippen molar-refractivity contribution in [3.05, 3.63) is 39.7 Å². The summed E-state index contributed by atoms with van der Waals surface area (Å²) in [5.74, 6) is 1.31. The molecular formula is C13H13BrN4O. The van der Waals surface area contributed by atoms with Gasteiger partial charge in [-0.3, -0.25) is 0 Å².